The average Bonchev–Trinajstić information content (AvgIpc) is 3.30. The number of hydrogen-bond acceptors (Lipinski definition) is 2. The largest absolute Gasteiger partial charge is 0.353 e. The molecule has 3 unspecified atom stereocenters. The summed E-state index contributed by atoms with van der Waals surface area (Å²) in [6.45, 7) is 3.48. The predicted octanol–water partition coefficient (Wildman–Crippen LogP) is 2.99. The smallest absolute Gasteiger partial charge is 0.222 e. The van der Waals surface area contributed by atoms with Gasteiger partial charge in [-0.15, -0.1) is 24.0 Å². The molecule has 3 rings (SSSR count). The van der Waals surface area contributed by atoms with Crippen LogP contribution in [0.4, 0.5) is 0 Å². The van der Waals surface area contributed by atoms with Crippen molar-refractivity contribution in [2.24, 2.45) is 4.99 Å². The highest BCUT2D eigenvalue weighted by Crippen LogP contribution is 2.41. The second kappa shape index (κ2) is 9.07. The summed E-state index contributed by atoms with van der Waals surface area (Å²) < 4.78 is 0. The SMILES string of the molecule is CCN=C(NC1CCC(=O)N(C)C1)NC1CC1c1cccc(Cl)c1.I. The maximum absolute atomic E-state index is 11.6. The zero-order chi connectivity index (χ0) is 17.1. The third-order valence-corrected chi connectivity index (χ3v) is 4.91. The van der Waals surface area contributed by atoms with Gasteiger partial charge in [-0.25, -0.2) is 0 Å². The number of carbonyl (C=O) groups is 1. The Morgan fingerprint density at radius 2 is 2.20 bits per heavy atom. The molecule has 0 aromatic heterocycles. The van der Waals surface area contributed by atoms with Crippen LogP contribution in [0.15, 0.2) is 29.3 Å². The van der Waals surface area contributed by atoms with E-state index < -0.39 is 0 Å². The van der Waals surface area contributed by atoms with Gasteiger partial charge in [0.25, 0.3) is 0 Å². The molecule has 1 aliphatic heterocycles. The number of likely N-dealkylation sites (tertiary alicyclic amines) is 1. The molecule has 0 bridgehead atoms. The zero-order valence-corrected chi connectivity index (χ0v) is 17.8. The molecule has 1 saturated heterocycles. The maximum atomic E-state index is 11.6. The fourth-order valence-corrected chi connectivity index (χ4v) is 3.45. The molecule has 2 aliphatic rings. The van der Waals surface area contributed by atoms with Gasteiger partial charge < -0.3 is 15.5 Å². The van der Waals surface area contributed by atoms with E-state index in [1.165, 1.54) is 5.56 Å². The molecule has 7 heteroatoms. The molecule has 1 aliphatic carbocycles. The van der Waals surface area contributed by atoms with Crippen LogP contribution < -0.4 is 10.6 Å². The molecular formula is C18H26ClIN4O. The highest BCUT2D eigenvalue weighted by Gasteiger charge is 2.39. The van der Waals surface area contributed by atoms with Crippen LogP contribution in [0.5, 0.6) is 0 Å². The highest BCUT2D eigenvalue weighted by molar-refractivity contribution is 14.0. The van der Waals surface area contributed by atoms with Gasteiger partial charge in [-0.05, 0) is 37.5 Å². The number of likely N-dealkylation sites (N-methyl/N-ethyl adjacent to an activating group) is 1. The molecule has 25 heavy (non-hydrogen) atoms. The first-order chi connectivity index (χ1) is 11.6. The lowest BCUT2D eigenvalue weighted by Crippen LogP contribution is -2.52. The number of aliphatic imine (C=N–C) groups is 1. The fourth-order valence-electron chi connectivity index (χ4n) is 3.25. The van der Waals surface area contributed by atoms with Gasteiger partial charge in [0.1, 0.15) is 0 Å². The number of hydrogen-bond donors (Lipinski definition) is 2. The zero-order valence-electron chi connectivity index (χ0n) is 14.7. The molecule has 3 atom stereocenters. The first kappa shape index (κ1) is 20.3. The summed E-state index contributed by atoms with van der Waals surface area (Å²) in [5.41, 5.74) is 1.28. The van der Waals surface area contributed by atoms with E-state index in [9.17, 15) is 4.79 Å². The summed E-state index contributed by atoms with van der Waals surface area (Å²) in [4.78, 5) is 17.9. The summed E-state index contributed by atoms with van der Waals surface area (Å²) >= 11 is 6.09. The molecule has 5 nitrogen and oxygen atoms in total. The van der Waals surface area contributed by atoms with Gasteiger partial charge >= 0.3 is 0 Å². The lowest BCUT2D eigenvalue weighted by atomic mass is 10.1. The number of guanidine groups is 1. The van der Waals surface area contributed by atoms with Crippen molar-refractivity contribution in [3.8, 4) is 0 Å². The maximum Gasteiger partial charge on any atom is 0.222 e. The molecule has 138 valence electrons. The van der Waals surface area contributed by atoms with E-state index in [2.05, 4.69) is 21.7 Å². The summed E-state index contributed by atoms with van der Waals surface area (Å²) in [6.07, 6.45) is 2.55. The van der Waals surface area contributed by atoms with Crippen molar-refractivity contribution in [3.63, 3.8) is 0 Å². The van der Waals surface area contributed by atoms with Gasteiger partial charge in [0.15, 0.2) is 5.96 Å². The van der Waals surface area contributed by atoms with E-state index in [4.69, 9.17) is 11.6 Å². The molecule has 1 aromatic carbocycles. The minimum Gasteiger partial charge on any atom is -0.353 e. The van der Waals surface area contributed by atoms with Crippen LogP contribution >= 0.6 is 35.6 Å². The van der Waals surface area contributed by atoms with Crippen molar-refractivity contribution in [2.75, 3.05) is 20.1 Å². The number of nitrogens with zero attached hydrogens (tertiary/aromatic N) is 2. The van der Waals surface area contributed by atoms with Crippen LogP contribution in [0.2, 0.25) is 5.02 Å². The van der Waals surface area contributed by atoms with Crippen molar-refractivity contribution >= 4 is 47.4 Å². The van der Waals surface area contributed by atoms with Gasteiger partial charge in [-0.2, -0.15) is 0 Å². The van der Waals surface area contributed by atoms with Crippen molar-refractivity contribution < 1.29 is 4.79 Å². The van der Waals surface area contributed by atoms with Crippen LogP contribution in [0.3, 0.4) is 0 Å². The van der Waals surface area contributed by atoms with Gasteiger partial charge in [0.05, 0.1) is 0 Å². The third kappa shape index (κ3) is 5.48. The molecule has 1 amide bonds. The van der Waals surface area contributed by atoms with Gasteiger partial charge in [-0.3, -0.25) is 9.79 Å². The molecule has 1 aromatic rings. The van der Waals surface area contributed by atoms with E-state index in [-0.39, 0.29) is 35.9 Å². The van der Waals surface area contributed by atoms with Crippen molar-refractivity contribution in [2.45, 2.75) is 44.2 Å². The number of halogens is 2. The highest BCUT2D eigenvalue weighted by atomic mass is 127. The van der Waals surface area contributed by atoms with Crippen LogP contribution in [0.1, 0.15) is 37.7 Å². The van der Waals surface area contributed by atoms with Gasteiger partial charge in [0.2, 0.25) is 5.91 Å². The quantitative estimate of drug-likeness (QED) is 0.399. The number of carbonyl (C=O) groups excluding carboxylic acids is 1. The van der Waals surface area contributed by atoms with E-state index in [1.54, 1.807) is 4.90 Å². The Bertz CT molecular complexity index is 639. The molecule has 1 heterocycles. The Morgan fingerprint density at radius 3 is 2.88 bits per heavy atom. The Labute approximate surface area is 171 Å². The van der Waals surface area contributed by atoms with Crippen molar-refractivity contribution in [1.29, 1.82) is 0 Å². The van der Waals surface area contributed by atoms with E-state index in [0.717, 1.165) is 36.9 Å². The second-order valence-corrected chi connectivity index (χ2v) is 7.06. The van der Waals surface area contributed by atoms with Crippen LogP contribution in [-0.4, -0.2) is 49.0 Å². The lowest BCUT2D eigenvalue weighted by Gasteiger charge is -2.31. The number of rotatable bonds is 4. The van der Waals surface area contributed by atoms with E-state index in [1.807, 2.05) is 32.2 Å². The lowest BCUT2D eigenvalue weighted by molar-refractivity contribution is -0.132. The first-order valence-electron chi connectivity index (χ1n) is 8.63. The number of nitrogens with one attached hydrogen (secondary N) is 2. The summed E-state index contributed by atoms with van der Waals surface area (Å²) in [5, 5.41) is 7.79. The summed E-state index contributed by atoms with van der Waals surface area (Å²) in [5.74, 6) is 1.56. The number of piperidine rings is 1. The monoisotopic (exact) mass is 476 g/mol. The van der Waals surface area contributed by atoms with Crippen molar-refractivity contribution in [3.05, 3.63) is 34.9 Å². The van der Waals surface area contributed by atoms with Crippen LogP contribution in [-0.2, 0) is 4.79 Å². The molecule has 2 N–H and O–H groups in total. The molecule has 0 spiro atoms. The molecule has 2 fully saturated rings. The molecule has 1 saturated carbocycles. The topological polar surface area (TPSA) is 56.7 Å². The normalized spacial score (nSPS) is 26.0. The minimum atomic E-state index is 0. The second-order valence-electron chi connectivity index (χ2n) is 6.63. The van der Waals surface area contributed by atoms with Gasteiger partial charge in [0, 0.05) is 49.6 Å². The summed E-state index contributed by atoms with van der Waals surface area (Å²) in [6, 6.07) is 8.73. The average molecular weight is 477 g/mol. The Balaban J connectivity index is 0.00000225. The van der Waals surface area contributed by atoms with Crippen LogP contribution in [0, 0.1) is 0 Å². The number of amides is 1. The molecule has 0 radical (unpaired) electrons. The summed E-state index contributed by atoms with van der Waals surface area (Å²) in [7, 11) is 1.86. The third-order valence-electron chi connectivity index (χ3n) is 4.67. The van der Waals surface area contributed by atoms with E-state index >= 15 is 0 Å². The molecular weight excluding hydrogens is 451 g/mol. The number of benzene rings is 1. The van der Waals surface area contributed by atoms with E-state index in [0.29, 0.717) is 18.4 Å². The fraction of sp³-hybridized carbons (Fsp3) is 0.556. The standard InChI is InChI=1S/C18H25ClN4O.HI/c1-3-20-18(21-14-7-8-17(24)23(2)11-14)22-16-10-15(16)12-5-4-6-13(19)9-12;/h4-6,9,14-16H,3,7-8,10-11H2,1-2H3,(H2,20,21,22);1H. The Kier molecular flexibility index (Phi) is 7.37. The first-order valence-corrected chi connectivity index (χ1v) is 9.01. The Morgan fingerprint density at radius 1 is 1.40 bits per heavy atom. The minimum absolute atomic E-state index is 0. The van der Waals surface area contributed by atoms with Gasteiger partial charge in [-0.1, -0.05) is 23.7 Å². The van der Waals surface area contributed by atoms with Crippen molar-refractivity contribution in [1.82, 2.24) is 15.5 Å². The Hall–Kier alpha value is -1.02. The predicted molar refractivity (Wildman–Crippen MR) is 113 cm³/mol. The van der Waals surface area contributed by atoms with Crippen LogP contribution in [0.25, 0.3) is 0 Å².